The van der Waals surface area contributed by atoms with Gasteiger partial charge in [0.05, 0.1) is 11.7 Å². The summed E-state index contributed by atoms with van der Waals surface area (Å²) in [5.74, 6) is 1.52. The number of carbonyl (C=O) groups excluding carboxylic acids is 1. The molecule has 5 nitrogen and oxygen atoms in total. The number of fused-ring (bicyclic) bond motifs is 1. The summed E-state index contributed by atoms with van der Waals surface area (Å²) in [4.78, 5) is 16.3. The van der Waals surface area contributed by atoms with Gasteiger partial charge in [0.15, 0.2) is 11.5 Å². The van der Waals surface area contributed by atoms with E-state index >= 15 is 0 Å². The highest BCUT2D eigenvalue weighted by atomic mass is 16.7. The third-order valence-corrected chi connectivity index (χ3v) is 3.59. The number of benzene rings is 1. The molecule has 1 N–H and O–H groups in total. The van der Waals surface area contributed by atoms with Crippen LogP contribution in [-0.2, 0) is 11.2 Å². The van der Waals surface area contributed by atoms with Gasteiger partial charge in [0.1, 0.15) is 0 Å². The average Bonchev–Trinajstić information content (AvgIpc) is 3.01. The van der Waals surface area contributed by atoms with Crippen molar-refractivity contribution < 1.29 is 14.3 Å². The lowest BCUT2D eigenvalue weighted by Crippen LogP contribution is -2.27. The number of aryl methyl sites for hydroxylation is 1. The molecule has 3 rings (SSSR count). The van der Waals surface area contributed by atoms with E-state index in [4.69, 9.17) is 9.47 Å². The van der Waals surface area contributed by atoms with Gasteiger partial charge in [-0.2, -0.15) is 0 Å². The minimum Gasteiger partial charge on any atom is -0.454 e. The van der Waals surface area contributed by atoms with Crippen molar-refractivity contribution in [2.24, 2.45) is 0 Å². The van der Waals surface area contributed by atoms with Crippen LogP contribution in [-0.4, -0.2) is 17.7 Å². The van der Waals surface area contributed by atoms with E-state index in [1.807, 2.05) is 43.3 Å². The van der Waals surface area contributed by atoms with Crippen molar-refractivity contribution in [1.82, 2.24) is 10.3 Å². The number of aromatic nitrogens is 1. The second-order valence-corrected chi connectivity index (χ2v) is 5.23. The van der Waals surface area contributed by atoms with Crippen molar-refractivity contribution in [2.45, 2.75) is 25.8 Å². The molecule has 22 heavy (non-hydrogen) atoms. The Kier molecular flexibility index (Phi) is 4.23. The highest BCUT2D eigenvalue weighted by Crippen LogP contribution is 2.32. The normalized spacial score (nSPS) is 13.7. The van der Waals surface area contributed by atoms with E-state index in [-0.39, 0.29) is 18.7 Å². The van der Waals surface area contributed by atoms with Gasteiger partial charge >= 0.3 is 0 Å². The summed E-state index contributed by atoms with van der Waals surface area (Å²) in [6.07, 6.45) is 2.82. The number of carbonyl (C=O) groups is 1. The summed E-state index contributed by atoms with van der Waals surface area (Å²) < 4.78 is 10.6. The van der Waals surface area contributed by atoms with Gasteiger partial charge < -0.3 is 14.8 Å². The third kappa shape index (κ3) is 3.36. The molecule has 1 aromatic carbocycles. The zero-order chi connectivity index (χ0) is 15.4. The summed E-state index contributed by atoms with van der Waals surface area (Å²) in [6, 6.07) is 11.4. The van der Waals surface area contributed by atoms with Crippen LogP contribution in [0.15, 0.2) is 42.6 Å². The largest absolute Gasteiger partial charge is 0.454 e. The number of hydrogen-bond donors (Lipinski definition) is 1. The SMILES string of the molecule is C[C@H](NC(=O)CCc1ccc2c(c1)OCO2)c1ccccn1. The lowest BCUT2D eigenvalue weighted by Gasteiger charge is -2.13. The number of nitrogens with zero attached hydrogens (tertiary/aromatic N) is 1. The second kappa shape index (κ2) is 6.47. The third-order valence-electron chi connectivity index (χ3n) is 3.59. The Labute approximate surface area is 129 Å². The Morgan fingerprint density at radius 1 is 1.27 bits per heavy atom. The Morgan fingerprint density at radius 2 is 2.14 bits per heavy atom. The molecular weight excluding hydrogens is 280 g/mol. The highest BCUT2D eigenvalue weighted by molar-refractivity contribution is 5.76. The minimum atomic E-state index is -0.0922. The number of rotatable bonds is 5. The van der Waals surface area contributed by atoms with Crippen LogP contribution in [0.3, 0.4) is 0 Å². The first-order valence-corrected chi connectivity index (χ1v) is 7.31. The van der Waals surface area contributed by atoms with Crippen molar-refractivity contribution >= 4 is 5.91 Å². The second-order valence-electron chi connectivity index (χ2n) is 5.23. The van der Waals surface area contributed by atoms with E-state index in [1.165, 1.54) is 0 Å². The van der Waals surface area contributed by atoms with Gasteiger partial charge in [-0.1, -0.05) is 12.1 Å². The molecule has 1 aliphatic rings. The lowest BCUT2D eigenvalue weighted by atomic mass is 10.1. The van der Waals surface area contributed by atoms with E-state index in [0.29, 0.717) is 12.8 Å². The van der Waals surface area contributed by atoms with Crippen LogP contribution in [0.5, 0.6) is 11.5 Å². The maximum atomic E-state index is 12.0. The fourth-order valence-corrected chi connectivity index (χ4v) is 2.37. The molecule has 5 heteroatoms. The molecule has 0 saturated carbocycles. The zero-order valence-electron chi connectivity index (χ0n) is 12.4. The Balaban J connectivity index is 1.52. The first kappa shape index (κ1) is 14.4. The summed E-state index contributed by atoms with van der Waals surface area (Å²) in [5.41, 5.74) is 1.92. The smallest absolute Gasteiger partial charge is 0.231 e. The Hall–Kier alpha value is -2.56. The van der Waals surface area contributed by atoms with Crippen LogP contribution < -0.4 is 14.8 Å². The van der Waals surface area contributed by atoms with Crippen molar-refractivity contribution in [3.05, 3.63) is 53.9 Å². The fraction of sp³-hybridized carbons (Fsp3) is 0.294. The van der Waals surface area contributed by atoms with Crippen LogP contribution in [0.2, 0.25) is 0 Å². The molecule has 1 atom stereocenters. The van der Waals surface area contributed by atoms with E-state index < -0.39 is 0 Å². The number of pyridine rings is 1. The Bertz CT molecular complexity index is 658. The van der Waals surface area contributed by atoms with Gasteiger partial charge in [-0.25, -0.2) is 0 Å². The number of hydrogen-bond acceptors (Lipinski definition) is 4. The summed E-state index contributed by atoms with van der Waals surface area (Å²) in [6.45, 7) is 2.20. The molecular formula is C17H18N2O3. The molecule has 1 aromatic heterocycles. The molecule has 0 radical (unpaired) electrons. The fourth-order valence-electron chi connectivity index (χ4n) is 2.37. The van der Waals surface area contributed by atoms with Gasteiger partial charge in [-0.05, 0) is 43.2 Å². The van der Waals surface area contributed by atoms with E-state index in [2.05, 4.69) is 10.3 Å². The van der Waals surface area contributed by atoms with E-state index in [1.54, 1.807) is 6.20 Å². The van der Waals surface area contributed by atoms with Crippen LogP contribution >= 0.6 is 0 Å². The number of amides is 1. The highest BCUT2D eigenvalue weighted by Gasteiger charge is 2.14. The molecule has 1 amide bonds. The zero-order valence-corrected chi connectivity index (χ0v) is 12.4. The molecule has 0 saturated heterocycles. The molecule has 114 valence electrons. The molecule has 0 aliphatic carbocycles. The van der Waals surface area contributed by atoms with Crippen molar-refractivity contribution in [1.29, 1.82) is 0 Å². The topological polar surface area (TPSA) is 60.5 Å². The van der Waals surface area contributed by atoms with Crippen LogP contribution in [0.25, 0.3) is 0 Å². The predicted octanol–water partition coefficient (Wildman–Crippen LogP) is 2.62. The van der Waals surface area contributed by atoms with E-state index in [0.717, 1.165) is 22.8 Å². The van der Waals surface area contributed by atoms with Gasteiger partial charge in [0, 0.05) is 12.6 Å². The average molecular weight is 298 g/mol. The summed E-state index contributed by atoms with van der Waals surface area (Å²) >= 11 is 0. The molecule has 0 bridgehead atoms. The monoisotopic (exact) mass is 298 g/mol. The summed E-state index contributed by atoms with van der Waals surface area (Å²) in [5, 5.41) is 2.96. The van der Waals surface area contributed by atoms with Crippen molar-refractivity contribution in [2.75, 3.05) is 6.79 Å². The first-order chi connectivity index (χ1) is 10.7. The molecule has 1 aliphatic heterocycles. The Morgan fingerprint density at radius 3 is 2.95 bits per heavy atom. The molecule has 0 unspecified atom stereocenters. The molecule has 0 fully saturated rings. The number of ether oxygens (including phenoxy) is 2. The van der Waals surface area contributed by atoms with Crippen LogP contribution in [0.4, 0.5) is 0 Å². The standard InChI is InChI=1S/C17H18N2O3/c1-12(14-4-2-3-9-18-14)19-17(20)8-6-13-5-7-15-16(10-13)22-11-21-15/h2-5,7,9-10,12H,6,8,11H2,1H3,(H,19,20)/t12-/m0/s1. The first-order valence-electron chi connectivity index (χ1n) is 7.31. The number of nitrogens with one attached hydrogen (secondary N) is 1. The lowest BCUT2D eigenvalue weighted by molar-refractivity contribution is -0.121. The van der Waals surface area contributed by atoms with Gasteiger partial charge in [0.2, 0.25) is 12.7 Å². The van der Waals surface area contributed by atoms with E-state index in [9.17, 15) is 4.79 Å². The van der Waals surface area contributed by atoms with Gasteiger partial charge in [0.25, 0.3) is 0 Å². The summed E-state index contributed by atoms with van der Waals surface area (Å²) in [7, 11) is 0. The molecule has 0 spiro atoms. The van der Waals surface area contributed by atoms with Crippen molar-refractivity contribution in [3.63, 3.8) is 0 Å². The predicted molar refractivity (Wildman–Crippen MR) is 81.7 cm³/mol. The molecule has 2 aromatic rings. The van der Waals surface area contributed by atoms with Crippen LogP contribution in [0.1, 0.15) is 30.6 Å². The van der Waals surface area contributed by atoms with Crippen molar-refractivity contribution in [3.8, 4) is 11.5 Å². The quantitative estimate of drug-likeness (QED) is 0.922. The molecule has 2 heterocycles. The van der Waals surface area contributed by atoms with Crippen LogP contribution in [0, 0.1) is 0 Å². The van der Waals surface area contributed by atoms with Gasteiger partial charge in [-0.15, -0.1) is 0 Å². The maximum absolute atomic E-state index is 12.0. The van der Waals surface area contributed by atoms with Gasteiger partial charge in [-0.3, -0.25) is 9.78 Å². The maximum Gasteiger partial charge on any atom is 0.231 e. The minimum absolute atomic E-state index is 0.0100.